The number of alkyl halides is 3. The SMILES string of the molecule is FC(F)(F)c1cc2c(NC3C4=C(CCC=C4)CCC3N3CC4COCC4C3)ncnc2[nH]1. The average Bonchev–Trinajstić information content (AvgIpc) is 3.48. The standard InChI is InChI=1S/C23H26F3N5O/c24-23(25,26)19-7-17-21(29-19)27-12-28-22(17)30-20-16-4-2-1-3-13(16)5-6-18(20)31-8-14-10-32-11-15(14)9-31/h2,4,7,12,14-15,18,20H,1,3,5-6,8-11H2,(H2,27,28,29,30). The molecule has 4 aliphatic rings. The number of aromatic nitrogens is 3. The van der Waals surface area contributed by atoms with E-state index in [1.165, 1.54) is 17.5 Å². The minimum Gasteiger partial charge on any atom is -0.381 e. The number of H-pyrrole nitrogens is 1. The van der Waals surface area contributed by atoms with E-state index in [2.05, 4.69) is 37.3 Å². The minimum absolute atomic E-state index is 0.0163. The van der Waals surface area contributed by atoms with Gasteiger partial charge in [0.15, 0.2) is 0 Å². The number of allylic oxidation sites excluding steroid dienone is 2. The maximum Gasteiger partial charge on any atom is 0.431 e. The molecule has 2 fully saturated rings. The van der Waals surface area contributed by atoms with Crippen molar-refractivity contribution in [3.8, 4) is 0 Å². The van der Waals surface area contributed by atoms with Crippen molar-refractivity contribution < 1.29 is 17.9 Å². The van der Waals surface area contributed by atoms with Crippen LogP contribution >= 0.6 is 0 Å². The molecule has 0 bridgehead atoms. The zero-order valence-electron chi connectivity index (χ0n) is 17.7. The molecule has 2 saturated heterocycles. The summed E-state index contributed by atoms with van der Waals surface area (Å²) in [5, 5.41) is 3.93. The molecule has 2 aliphatic carbocycles. The Kier molecular flexibility index (Phi) is 4.80. The Morgan fingerprint density at radius 3 is 2.72 bits per heavy atom. The Balaban J connectivity index is 1.36. The van der Waals surface area contributed by atoms with Crippen LogP contribution in [0.4, 0.5) is 19.0 Å². The van der Waals surface area contributed by atoms with Crippen molar-refractivity contribution in [3.05, 3.63) is 41.4 Å². The van der Waals surface area contributed by atoms with Crippen molar-refractivity contribution in [2.45, 2.75) is 43.9 Å². The molecule has 9 heteroatoms. The Labute approximate surface area is 183 Å². The summed E-state index contributed by atoms with van der Waals surface area (Å²) >= 11 is 0. The predicted octanol–water partition coefficient (Wildman–Crippen LogP) is 4.14. The van der Waals surface area contributed by atoms with Crippen molar-refractivity contribution in [1.82, 2.24) is 19.9 Å². The number of hydrogen-bond donors (Lipinski definition) is 2. The fraction of sp³-hybridized carbons (Fsp3) is 0.565. The van der Waals surface area contributed by atoms with Gasteiger partial charge in [0.05, 0.1) is 24.6 Å². The molecule has 170 valence electrons. The van der Waals surface area contributed by atoms with Crippen molar-refractivity contribution in [1.29, 1.82) is 0 Å². The Hall–Kier alpha value is -2.39. The van der Waals surface area contributed by atoms with Crippen LogP contribution in [0, 0.1) is 11.8 Å². The van der Waals surface area contributed by atoms with Gasteiger partial charge in [-0.1, -0.05) is 17.7 Å². The van der Waals surface area contributed by atoms with Gasteiger partial charge in [-0.25, -0.2) is 9.97 Å². The lowest BCUT2D eigenvalue weighted by Gasteiger charge is -2.41. The summed E-state index contributed by atoms with van der Waals surface area (Å²) in [7, 11) is 0. The van der Waals surface area contributed by atoms with Crippen LogP contribution in [0.2, 0.25) is 0 Å². The number of ether oxygens (including phenoxy) is 1. The molecule has 2 aromatic heterocycles. The van der Waals surface area contributed by atoms with Crippen molar-refractivity contribution in [2.75, 3.05) is 31.6 Å². The number of fused-ring (bicyclic) bond motifs is 2. The lowest BCUT2D eigenvalue weighted by molar-refractivity contribution is -0.140. The number of nitrogens with one attached hydrogen (secondary N) is 2. The average molecular weight is 445 g/mol. The highest BCUT2D eigenvalue weighted by atomic mass is 19.4. The van der Waals surface area contributed by atoms with Crippen molar-refractivity contribution in [2.24, 2.45) is 11.8 Å². The highest BCUT2D eigenvalue weighted by Gasteiger charge is 2.44. The zero-order chi connectivity index (χ0) is 21.9. The van der Waals surface area contributed by atoms with E-state index >= 15 is 0 Å². The smallest absolute Gasteiger partial charge is 0.381 e. The number of aromatic amines is 1. The number of rotatable bonds is 3. The van der Waals surface area contributed by atoms with E-state index in [1.54, 1.807) is 0 Å². The Bertz CT molecular complexity index is 1080. The third-order valence-corrected chi connectivity index (χ3v) is 7.54. The lowest BCUT2D eigenvalue weighted by atomic mass is 9.79. The predicted molar refractivity (Wildman–Crippen MR) is 114 cm³/mol. The van der Waals surface area contributed by atoms with E-state index in [-0.39, 0.29) is 17.7 Å². The first-order valence-electron chi connectivity index (χ1n) is 11.3. The van der Waals surface area contributed by atoms with E-state index in [1.807, 2.05) is 0 Å². The summed E-state index contributed by atoms with van der Waals surface area (Å²) in [6, 6.07) is 1.37. The molecular weight excluding hydrogens is 419 g/mol. The Morgan fingerprint density at radius 1 is 1.12 bits per heavy atom. The summed E-state index contributed by atoms with van der Waals surface area (Å²) in [4.78, 5) is 13.4. The molecule has 4 heterocycles. The van der Waals surface area contributed by atoms with Gasteiger partial charge < -0.3 is 15.0 Å². The highest BCUT2D eigenvalue weighted by Crippen LogP contribution is 2.40. The second-order valence-electron chi connectivity index (χ2n) is 9.40. The van der Waals surface area contributed by atoms with Gasteiger partial charge >= 0.3 is 6.18 Å². The fourth-order valence-corrected chi connectivity index (χ4v) is 5.94. The van der Waals surface area contributed by atoms with Gasteiger partial charge in [-0.2, -0.15) is 13.2 Å². The summed E-state index contributed by atoms with van der Waals surface area (Å²) in [5.41, 5.74) is 2.13. The van der Waals surface area contributed by atoms with Crippen LogP contribution in [-0.2, 0) is 10.9 Å². The molecule has 0 radical (unpaired) electrons. The maximum absolute atomic E-state index is 13.3. The van der Waals surface area contributed by atoms with Crippen LogP contribution in [0.15, 0.2) is 35.7 Å². The third kappa shape index (κ3) is 3.42. The molecule has 2 N–H and O–H groups in total. The molecule has 0 saturated carbocycles. The zero-order valence-corrected chi connectivity index (χ0v) is 17.7. The minimum atomic E-state index is -4.46. The van der Waals surface area contributed by atoms with Gasteiger partial charge in [0.2, 0.25) is 0 Å². The molecular formula is C23H26F3N5O. The molecule has 6 nitrogen and oxygen atoms in total. The Morgan fingerprint density at radius 2 is 1.94 bits per heavy atom. The molecule has 32 heavy (non-hydrogen) atoms. The van der Waals surface area contributed by atoms with E-state index in [4.69, 9.17) is 4.74 Å². The third-order valence-electron chi connectivity index (χ3n) is 7.54. The monoisotopic (exact) mass is 445 g/mol. The molecule has 2 aromatic rings. The summed E-state index contributed by atoms with van der Waals surface area (Å²) in [5.74, 6) is 1.61. The van der Waals surface area contributed by atoms with Gasteiger partial charge in [-0.3, -0.25) is 4.90 Å². The highest BCUT2D eigenvalue weighted by molar-refractivity contribution is 5.88. The molecule has 4 unspecified atom stereocenters. The number of likely N-dealkylation sites (tertiary alicyclic amines) is 1. The molecule has 0 spiro atoms. The molecule has 0 aromatic carbocycles. The first-order valence-corrected chi connectivity index (χ1v) is 11.3. The van der Waals surface area contributed by atoms with Gasteiger partial charge in [0.1, 0.15) is 23.5 Å². The summed E-state index contributed by atoms with van der Waals surface area (Å²) in [6.45, 7) is 3.69. The van der Waals surface area contributed by atoms with E-state index in [0.29, 0.717) is 23.0 Å². The van der Waals surface area contributed by atoms with Gasteiger partial charge in [-0.05, 0) is 37.3 Å². The quantitative estimate of drug-likeness (QED) is 0.743. The fourth-order valence-electron chi connectivity index (χ4n) is 5.94. The first-order chi connectivity index (χ1) is 15.5. The second kappa shape index (κ2) is 7.59. The van der Waals surface area contributed by atoms with Gasteiger partial charge in [0, 0.05) is 31.0 Å². The molecule has 4 atom stereocenters. The second-order valence-corrected chi connectivity index (χ2v) is 9.40. The molecule has 6 rings (SSSR count). The van der Waals surface area contributed by atoms with Crippen LogP contribution in [0.25, 0.3) is 11.0 Å². The van der Waals surface area contributed by atoms with Crippen molar-refractivity contribution >= 4 is 16.9 Å². The normalized spacial score (nSPS) is 30.7. The summed E-state index contributed by atoms with van der Waals surface area (Å²) in [6.07, 6.45) is 5.50. The number of halogens is 3. The van der Waals surface area contributed by atoms with Gasteiger partial charge in [-0.15, -0.1) is 0 Å². The van der Waals surface area contributed by atoms with Crippen LogP contribution in [0.1, 0.15) is 31.4 Å². The van der Waals surface area contributed by atoms with Crippen LogP contribution < -0.4 is 5.32 Å². The van der Waals surface area contributed by atoms with Crippen LogP contribution in [0.3, 0.4) is 0 Å². The number of anilines is 1. The van der Waals surface area contributed by atoms with Crippen LogP contribution in [0.5, 0.6) is 0 Å². The lowest BCUT2D eigenvalue weighted by Crippen LogP contribution is -2.49. The van der Waals surface area contributed by atoms with Crippen LogP contribution in [-0.4, -0.2) is 58.2 Å². The largest absolute Gasteiger partial charge is 0.431 e. The number of hydrogen-bond acceptors (Lipinski definition) is 5. The summed E-state index contributed by atoms with van der Waals surface area (Å²) < 4.78 is 45.5. The molecule has 2 aliphatic heterocycles. The first kappa shape index (κ1) is 20.2. The number of nitrogens with zero attached hydrogens (tertiary/aromatic N) is 3. The maximum atomic E-state index is 13.3. The van der Waals surface area contributed by atoms with Crippen molar-refractivity contribution in [3.63, 3.8) is 0 Å². The topological polar surface area (TPSA) is 66.1 Å². The van der Waals surface area contributed by atoms with E-state index < -0.39 is 11.9 Å². The van der Waals surface area contributed by atoms with E-state index in [0.717, 1.165) is 58.1 Å². The van der Waals surface area contributed by atoms with Gasteiger partial charge in [0.25, 0.3) is 0 Å². The van der Waals surface area contributed by atoms with E-state index in [9.17, 15) is 13.2 Å². The molecule has 0 amide bonds.